The summed E-state index contributed by atoms with van der Waals surface area (Å²) in [5, 5.41) is 0. The number of furan rings is 1. The van der Waals surface area contributed by atoms with Gasteiger partial charge < -0.3 is 0 Å². The molecule has 0 aliphatic carbocycles. The van der Waals surface area contributed by atoms with Gasteiger partial charge in [0.1, 0.15) is 0 Å². The summed E-state index contributed by atoms with van der Waals surface area (Å²) in [6.07, 6.45) is 5.37. The number of rotatable bonds is 3. The summed E-state index contributed by atoms with van der Waals surface area (Å²) in [7, 11) is 1.64. The van der Waals surface area contributed by atoms with Gasteiger partial charge in [0.25, 0.3) is 0 Å². The summed E-state index contributed by atoms with van der Waals surface area (Å²) in [4.78, 5) is 0. The minimum atomic E-state index is 0.836. The van der Waals surface area contributed by atoms with Gasteiger partial charge in [-0.15, -0.1) is 0 Å². The average molecular weight is 232 g/mol. The fourth-order valence-corrected chi connectivity index (χ4v) is 0.772. The second kappa shape index (κ2) is 4.42. The van der Waals surface area contributed by atoms with Gasteiger partial charge in [-0.2, -0.15) is 0 Å². The summed E-state index contributed by atoms with van der Waals surface area (Å²) < 4.78 is 10.9. The van der Waals surface area contributed by atoms with Crippen molar-refractivity contribution >= 4 is 10.2 Å². The van der Waals surface area contributed by atoms with E-state index in [-0.39, 0.29) is 0 Å². The molecule has 0 aromatic carbocycles. The van der Waals surface area contributed by atoms with E-state index in [0.717, 1.165) is 9.84 Å². The van der Waals surface area contributed by atoms with E-state index in [2.05, 4.69) is 0 Å². The Morgan fingerprint density at radius 3 is 3.09 bits per heavy atom. The molecule has 0 unspecified atom stereocenters. The number of hydrogen-bond donors (Lipinski definition) is 0. The Kier molecular flexibility index (Phi) is 3.47. The SMILES string of the molecule is CO[C](=[Mo])/C=C/c1ccco1. The van der Waals surface area contributed by atoms with Crippen LogP contribution in [0.15, 0.2) is 28.9 Å². The first-order valence-electron chi connectivity index (χ1n) is 3.12. The van der Waals surface area contributed by atoms with Crippen LogP contribution in [0, 0.1) is 0 Å². The average Bonchev–Trinajstić information content (AvgIpc) is 2.52. The fourth-order valence-electron chi connectivity index (χ4n) is 0.604. The van der Waals surface area contributed by atoms with Crippen molar-refractivity contribution in [3.8, 4) is 0 Å². The zero-order valence-electron chi connectivity index (χ0n) is 6.11. The normalized spacial score (nSPS) is 10.6. The van der Waals surface area contributed by atoms with Crippen molar-refractivity contribution in [3.63, 3.8) is 0 Å². The first kappa shape index (κ1) is 8.63. The molecule has 58 valence electrons. The second-order valence-electron chi connectivity index (χ2n) is 1.87. The Bertz CT molecular complexity index is 249. The van der Waals surface area contributed by atoms with Crippen LogP contribution in [0.2, 0.25) is 0 Å². The third-order valence-corrected chi connectivity index (χ3v) is 1.87. The molecule has 0 atom stereocenters. The van der Waals surface area contributed by atoms with Gasteiger partial charge in [-0.3, -0.25) is 0 Å². The van der Waals surface area contributed by atoms with E-state index >= 15 is 0 Å². The fraction of sp³-hybridized carbons (Fsp3) is 0.125. The van der Waals surface area contributed by atoms with Crippen LogP contribution in [0.4, 0.5) is 0 Å². The summed E-state index contributed by atoms with van der Waals surface area (Å²) >= 11 is 1.82. The molecular formula is C8H8MoO2. The Labute approximate surface area is 76.3 Å². The molecular weight excluding hydrogens is 224 g/mol. The van der Waals surface area contributed by atoms with Gasteiger partial charge in [-0.1, -0.05) is 0 Å². The third-order valence-electron chi connectivity index (χ3n) is 1.13. The first-order chi connectivity index (χ1) is 5.33. The molecule has 0 N–H and O–H groups in total. The molecule has 0 amide bonds. The van der Waals surface area contributed by atoms with Crippen LogP contribution in [-0.2, 0) is 24.1 Å². The maximum absolute atomic E-state index is 5.07. The van der Waals surface area contributed by atoms with E-state index in [1.165, 1.54) is 0 Å². The van der Waals surface area contributed by atoms with Gasteiger partial charge in [-0.05, 0) is 0 Å². The number of ether oxygens (including phenoxy) is 1. The van der Waals surface area contributed by atoms with Crippen molar-refractivity contribution in [1.82, 2.24) is 0 Å². The molecule has 0 bridgehead atoms. The molecule has 0 fully saturated rings. The predicted octanol–water partition coefficient (Wildman–Crippen LogP) is 1.62. The van der Waals surface area contributed by atoms with Crippen molar-refractivity contribution in [2.75, 3.05) is 7.11 Å². The van der Waals surface area contributed by atoms with Crippen molar-refractivity contribution in [2.24, 2.45) is 0 Å². The molecule has 1 aromatic rings. The van der Waals surface area contributed by atoms with Crippen LogP contribution in [0.25, 0.3) is 6.08 Å². The van der Waals surface area contributed by atoms with Gasteiger partial charge in [0.2, 0.25) is 0 Å². The quantitative estimate of drug-likeness (QED) is 0.739. The minimum absolute atomic E-state index is 0.836. The Hall–Kier alpha value is -0.462. The zero-order chi connectivity index (χ0) is 8.10. The molecule has 11 heavy (non-hydrogen) atoms. The van der Waals surface area contributed by atoms with Gasteiger partial charge in [0.15, 0.2) is 0 Å². The second-order valence-corrected chi connectivity index (χ2v) is 2.86. The van der Waals surface area contributed by atoms with Crippen LogP contribution < -0.4 is 0 Å². The molecule has 0 saturated carbocycles. The van der Waals surface area contributed by atoms with Crippen molar-refractivity contribution in [2.45, 2.75) is 0 Å². The zero-order valence-corrected chi connectivity index (χ0v) is 8.12. The van der Waals surface area contributed by atoms with Crippen molar-refractivity contribution < 1.29 is 28.5 Å². The molecule has 0 saturated heterocycles. The Balaban J connectivity index is 2.55. The van der Waals surface area contributed by atoms with E-state index < -0.39 is 0 Å². The molecule has 0 aliphatic rings. The molecule has 1 rings (SSSR count). The van der Waals surface area contributed by atoms with E-state index in [4.69, 9.17) is 9.15 Å². The number of hydrogen-bond acceptors (Lipinski definition) is 2. The van der Waals surface area contributed by atoms with E-state index in [0.29, 0.717) is 0 Å². The van der Waals surface area contributed by atoms with Crippen LogP contribution in [-0.4, -0.2) is 11.2 Å². The maximum atomic E-state index is 5.07. The first-order valence-corrected chi connectivity index (χ1v) is 4.13. The standard InChI is InChI=1S/C8H8O2.Mo/c1-9-6-2-4-8-5-3-7-10-8;/h2-5,7H,1H3;/b4-2+;. The number of methoxy groups -OCH3 is 1. The van der Waals surface area contributed by atoms with Crippen molar-refractivity contribution in [3.05, 3.63) is 30.2 Å². The van der Waals surface area contributed by atoms with Crippen molar-refractivity contribution in [1.29, 1.82) is 0 Å². The summed E-state index contributed by atoms with van der Waals surface area (Å²) in [5.41, 5.74) is 0. The van der Waals surface area contributed by atoms with E-state index in [9.17, 15) is 0 Å². The molecule has 0 radical (unpaired) electrons. The van der Waals surface area contributed by atoms with Crippen LogP contribution in [0.3, 0.4) is 0 Å². The van der Waals surface area contributed by atoms with Crippen LogP contribution in [0.5, 0.6) is 0 Å². The predicted molar refractivity (Wildman–Crippen MR) is 39.8 cm³/mol. The monoisotopic (exact) mass is 234 g/mol. The Morgan fingerprint density at radius 1 is 1.73 bits per heavy atom. The molecule has 0 aliphatic heterocycles. The van der Waals surface area contributed by atoms with Crippen LogP contribution in [0.1, 0.15) is 5.76 Å². The Morgan fingerprint density at radius 2 is 2.55 bits per heavy atom. The molecule has 1 heterocycles. The summed E-state index contributed by atoms with van der Waals surface area (Å²) in [6.45, 7) is 0. The molecule has 3 heteroatoms. The molecule has 2 nitrogen and oxygen atoms in total. The third kappa shape index (κ3) is 2.96. The van der Waals surface area contributed by atoms with E-state index in [1.807, 2.05) is 43.6 Å². The van der Waals surface area contributed by atoms with Gasteiger partial charge >= 0.3 is 76.0 Å². The summed E-state index contributed by atoms with van der Waals surface area (Å²) in [5.74, 6) is 0.836. The summed E-state index contributed by atoms with van der Waals surface area (Å²) in [6, 6.07) is 3.74. The van der Waals surface area contributed by atoms with E-state index in [1.54, 1.807) is 13.4 Å². The molecule has 1 aromatic heterocycles. The van der Waals surface area contributed by atoms with Gasteiger partial charge in [-0.25, -0.2) is 0 Å². The van der Waals surface area contributed by atoms with Gasteiger partial charge in [0.05, 0.1) is 0 Å². The van der Waals surface area contributed by atoms with Gasteiger partial charge in [0, 0.05) is 0 Å². The van der Waals surface area contributed by atoms with Crippen LogP contribution >= 0.6 is 0 Å². The topological polar surface area (TPSA) is 22.4 Å². The molecule has 0 spiro atoms.